The van der Waals surface area contributed by atoms with Crippen molar-refractivity contribution in [2.24, 2.45) is 0 Å². The van der Waals surface area contributed by atoms with Gasteiger partial charge >= 0.3 is 0 Å². The third-order valence-corrected chi connectivity index (χ3v) is 10.5. The molecular weight excluding hydrogens is 692 g/mol. The number of nitrogens with one attached hydrogen (secondary N) is 2. The molecule has 12 nitrogen and oxygen atoms in total. The van der Waals surface area contributed by atoms with E-state index in [9.17, 15) is 15.5 Å². The van der Waals surface area contributed by atoms with Crippen LogP contribution in [-0.4, -0.2) is 99.3 Å². The summed E-state index contributed by atoms with van der Waals surface area (Å²) in [7, 11) is 0. The molecular formula is C40H51ClN8O4. The van der Waals surface area contributed by atoms with Gasteiger partial charge in [0, 0.05) is 106 Å². The number of β-amino-alcohol motifs (C(OH)–C–C–N with tert-alkyl or cyclic N) is 2. The first-order valence-corrected chi connectivity index (χ1v) is 18.8. The van der Waals surface area contributed by atoms with Gasteiger partial charge in [-0.05, 0) is 62.9 Å². The highest BCUT2D eigenvalue weighted by Gasteiger charge is 2.21. The second kappa shape index (κ2) is 18.3. The van der Waals surface area contributed by atoms with E-state index in [0.29, 0.717) is 41.8 Å². The zero-order chi connectivity index (χ0) is 37.3. The molecule has 2 aliphatic heterocycles. The fourth-order valence-corrected chi connectivity index (χ4v) is 7.31. The summed E-state index contributed by atoms with van der Waals surface area (Å²) >= 11 is 6.84. The third-order valence-electron chi connectivity index (χ3n) is 10.2. The topological polar surface area (TPSA) is 144 Å². The van der Waals surface area contributed by atoms with Crippen LogP contribution in [0.3, 0.4) is 0 Å². The van der Waals surface area contributed by atoms with Crippen LogP contribution < -0.4 is 20.1 Å². The molecule has 53 heavy (non-hydrogen) atoms. The second-order valence-electron chi connectivity index (χ2n) is 14.1. The number of hydrogen-bond acceptors (Lipinski definition) is 11. The molecule has 4 N–H and O–H groups in total. The smallest absolute Gasteiger partial charge is 0.142 e. The number of hydrogen-bond donors (Lipinski definition) is 4. The molecule has 2 aromatic carbocycles. The van der Waals surface area contributed by atoms with Crippen LogP contribution in [-0.2, 0) is 26.3 Å². The lowest BCUT2D eigenvalue weighted by Crippen LogP contribution is -2.31. The summed E-state index contributed by atoms with van der Waals surface area (Å²) in [6.07, 6.45) is 4.45. The number of nitriles is 1. The average molecular weight is 743 g/mol. The van der Waals surface area contributed by atoms with E-state index in [-0.39, 0.29) is 18.8 Å². The van der Waals surface area contributed by atoms with Crippen LogP contribution in [0, 0.1) is 32.1 Å². The predicted molar refractivity (Wildman–Crippen MR) is 204 cm³/mol. The van der Waals surface area contributed by atoms with Crippen molar-refractivity contribution < 1.29 is 19.7 Å². The van der Waals surface area contributed by atoms with Crippen molar-refractivity contribution >= 4 is 11.6 Å². The van der Waals surface area contributed by atoms with E-state index in [2.05, 4.69) is 64.4 Å². The van der Waals surface area contributed by atoms with Gasteiger partial charge in [0.15, 0.2) is 0 Å². The molecule has 2 aromatic heterocycles. The Morgan fingerprint density at radius 3 is 2.26 bits per heavy atom. The van der Waals surface area contributed by atoms with Gasteiger partial charge in [-0.1, -0.05) is 23.7 Å². The average Bonchev–Trinajstić information content (AvgIpc) is 3.85. The number of rotatable bonds is 17. The molecule has 0 amide bonds. The molecule has 2 saturated heterocycles. The second-order valence-corrected chi connectivity index (χ2v) is 14.5. The molecule has 2 fully saturated rings. The maximum atomic E-state index is 9.86. The summed E-state index contributed by atoms with van der Waals surface area (Å²) < 4.78 is 14.7. The molecule has 0 unspecified atom stereocenters. The number of aromatic nitrogens is 3. The van der Waals surface area contributed by atoms with Crippen molar-refractivity contribution in [2.45, 2.75) is 72.1 Å². The van der Waals surface area contributed by atoms with Crippen molar-refractivity contribution in [3.63, 3.8) is 0 Å². The van der Waals surface area contributed by atoms with Crippen molar-refractivity contribution in [1.29, 1.82) is 5.26 Å². The minimum atomic E-state index is -0.242. The minimum absolute atomic E-state index is 0.199. The van der Waals surface area contributed by atoms with Crippen LogP contribution in [0.4, 0.5) is 0 Å². The van der Waals surface area contributed by atoms with E-state index >= 15 is 0 Å². The van der Waals surface area contributed by atoms with Gasteiger partial charge < -0.3 is 30.3 Å². The number of nitrogens with zero attached hydrogens (tertiary/aromatic N) is 6. The van der Waals surface area contributed by atoms with Gasteiger partial charge in [-0.25, -0.2) is 4.68 Å². The van der Waals surface area contributed by atoms with Crippen LogP contribution in [0.2, 0.25) is 5.02 Å². The van der Waals surface area contributed by atoms with Crippen LogP contribution in [0.1, 0.15) is 57.6 Å². The monoisotopic (exact) mass is 742 g/mol. The van der Waals surface area contributed by atoms with Crippen molar-refractivity contribution in [1.82, 2.24) is 35.2 Å². The fraction of sp³-hybridized carbons (Fsp3) is 0.475. The van der Waals surface area contributed by atoms with Crippen LogP contribution in [0.5, 0.6) is 11.5 Å². The maximum absolute atomic E-state index is 9.86. The third kappa shape index (κ3) is 10.1. The van der Waals surface area contributed by atoms with Gasteiger partial charge in [-0.3, -0.25) is 14.8 Å². The van der Waals surface area contributed by atoms with Crippen LogP contribution in [0.15, 0.2) is 48.8 Å². The normalized spacial score (nSPS) is 17.8. The Morgan fingerprint density at radius 1 is 0.887 bits per heavy atom. The fourth-order valence-electron chi connectivity index (χ4n) is 7.07. The van der Waals surface area contributed by atoms with E-state index in [4.69, 9.17) is 26.2 Å². The highest BCUT2D eigenvalue weighted by molar-refractivity contribution is 6.32. The highest BCUT2D eigenvalue weighted by atomic mass is 35.5. The standard InChI is InChI=1S/C40H51ClN8O4/c1-27-32(5-4-6-38(27)49-29(3)36(28(2)46-49)22-44-10-14-48-12-8-35(51)24-48)26-53-40-17-39(52-25-31-15-30(18-42)19-45-20-31)33(16-37(40)41)21-43-9-13-47-11-7-34(50)23-47/h4-6,15-17,19-20,34-35,43-44,50-51H,7-14,21-26H2,1-3H3/t34-,35-/m1/s1. The SMILES string of the molecule is Cc1nn(-c2cccc(COc3cc(OCc4cncc(C#N)c4)c(CNCCN4CC[C@@H](O)C4)cc3Cl)c2C)c(C)c1CNCCN1CC[C@@H](O)C1. The van der Waals surface area contributed by atoms with Crippen LogP contribution in [0.25, 0.3) is 5.69 Å². The quantitative estimate of drug-likeness (QED) is 0.116. The Morgan fingerprint density at radius 2 is 1.58 bits per heavy atom. The minimum Gasteiger partial charge on any atom is -0.488 e. The van der Waals surface area contributed by atoms with Gasteiger partial charge in [0.1, 0.15) is 30.8 Å². The van der Waals surface area contributed by atoms with Gasteiger partial charge in [-0.2, -0.15) is 10.4 Å². The first-order valence-electron chi connectivity index (χ1n) is 18.5. The molecule has 0 radical (unpaired) electrons. The number of pyridine rings is 1. The zero-order valence-electron chi connectivity index (χ0n) is 30.9. The first-order chi connectivity index (χ1) is 25.7. The molecule has 2 aliphatic rings. The molecule has 282 valence electrons. The van der Waals surface area contributed by atoms with E-state index in [0.717, 1.165) is 105 Å². The lowest BCUT2D eigenvalue weighted by atomic mass is 10.1. The van der Waals surface area contributed by atoms with Crippen molar-refractivity contribution in [2.75, 3.05) is 52.4 Å². The molecule has 0 spiro atoms. The van der Waals surface area contributed by atoms with E-state index in [1.54, 1.807) is 12.3 Å². The molecule has 0 bridgehead atoms. The zero-order valence-corrected chi connectivity index (χ0v) is 31.7. The van der Waals surface area contributed by atoms with Crippen molar-refractivity contribution in [3.05, 3.63) is 98.6 Å². The summed E-state index contributed by atoms with van der Waals surface area (Å²) in [4.78, 5) is 8.72. The number of aliphatic hydroxyl groups is 2. The molecule has 4 heterocycles. The molecule has 6 rings (SSSR count). The summed E-state index contributed by atoms with van der Waals surface area (Å²) in [5, 5.41) is 41.5. The van der Waals surface area contributed by atoms with Crippen LogP contribution >= 0.6 is 11.6 Å². The Kier molecular flexibility index (Phi) is 13.4. The summed E-state index contributed by atoms with van der Waals surface area (Å²) in [5.41, 5.74) is 8.49. The number of halogens is 1. The Balaban J connectivity index is 1.13. The summed E-state index contributed by atoms with van der Waals surface area (Å²) in [5.74, 6) is 1.14. The van der Waals surface area contributed by atoms with E-state index < -0.39 is 0 Å². The summed E-state index contributed by atoms with van der Waals surface area (Å²) in [6.45, 7) is 14.7. The number of aryl methyl sites for hydroxylation is 1. The number of aliphatic hydroxyl groups excluding tert-OH is 2. The molecule has 2 atom stereocenters. The van der Waals surface area contributed by atoms with Gasteiger partial charge in [-0.15, -0.1) is 0 Å². The van der Waals surface area contributed by atoms with E-state index in [1.165, 1.54) is 11.8 Å². The van der Waals surface area contributed by atoms with Gasteiger partial charge in [0.2, 0.25) is 0 Å². The Bertz CT molecular complexity index is 1900. The number of likely N-dealkylation sites (tertiary alicyclic amines) is 2. The summed E-state index contributed by atoms with van der Waals surface area (Å²) in [6, 6.07) is 13.8. The van der Waals surface area contributed by atoms with E-state index in [1.807, 2.05) is 22.9 Å². The molecule has 0 aliphatic carbocycles. The Hall–Kier alpha value is -4.06. The predicted octanol–water partition coefficient (Wildman–Crippen LogP) is 4.19. The van der Waals surface area contributed by atoms with Gasteiger partial charge in [0.05, 0.1) is 34.2 Å². The van der Waals surface area contributed by atoms with Crippen molar-refractivity contribution in [3.8, 4) is 23.3 Å². The maximum Gasteiger partial charge on any atom is 0.142 e. The first kappa shape index (κ1) is 38.7. The lowest BCUT2D eigenvalue weighted by Gasteiger charge is -2.18. The van der Waals surface area contributed by atoms with Gasteiger partial charge in [0.25, 0.3) is 0 Å². The molecule has 13 heteroatoms. The molecule has 0 saturated carbocycles. The highest BCUT2D eigenvalue weighted by Crippen LogP contribution is 2.34. The largest absolute Gasteiger partial charge is 0.488 e. The Labute approximate surface area is 317 Å². The lowest BCUT2D eigenvalue weighted by molar-refractivity contribution is 0.176. The number of ether oxygens (including phenoxy) is 2. The number of benzene rings is 2. The molecule has 4 aromatic rings.